The summed E-state index contributed by atoms with van der Waals surface area (Å²) in [6, 6.07) is 7.72. The highest BCUT2D eigenvalue weighted by atomic mass is 35.5. The minimum Gasteiger partial charge on any atom is -0.293 e. The molecule has 1 rings (SSSR count). The summed E-state index contributed by atoms with van der Waals surface area (Å²) in [7, 11) is 0. The number of hydrogen-bond acceptors (Lipinski definition) is 1. The molecular weight excluding hydrogens is 194 g/mol. The van der Waals surface area contributed by atoms with E-state index in [1.165, 1.54) is 19.3 Å². The molecule has 0 spiro atoms. The zero-order valence-corrected chi connectivity index (χ0v) is 9.30. The van der Waals surface area contributed by atoms with Crippen LogP contribution in [-0.2, 0) is 0 Å². The van der Waals surface area contributed by atoms with Crippen LogP contribution in [0.15, 0.2) is 29.3 Å². The lowest BCUT2D eigenvalue weighted by molar-refractivity contribution is 0.729. The predicted octanol–water partition coefficient (Wildman–Crippen LogP) is 3.95. The SMILES string of the molecule is CCCCCN=Cc1ccc(Cl)cc1. The van der Waals surface area contributed by atoms with Gasteiger partial charge in [-0.3, -0.25) is 4.99 Å². The highest BCUT2D eigenvalue weighted by molar-refractivity contribution is 6.30. The maximum Gasteiger partial charge on any atom is 0.0406 e. The van der Waals surface area contributed by atoms with Gasteiger partial charge in [-0.1, -0.05) is 43.5 Å². The van der Waals surface area contributed by atoms with E-state index in [9.17, 15) is 0 Å². The van der Waals surface area contributed by atoms with Crippen LogP contribution in [0.1, 0.15) is 31.7 Å². The van der Waals surface area contributed by atoms with Crippen molar-refractivity contribution in [2.24, 2.45) is 4.99 Å². The Hall–Kier alpha value is -0.820. The Balaban J connectivity index is 2.33. The van der Waals surface area contributed by atoms with Gasteiger partial charge in [0.05, 0.1) is 0 Å². The van der Waals surface area contributed by atoms with E-state index in [2.05, 4.69) is 11.9 Å². The lowest BCUT2D eigenvalue weighted by Gasteiger charge is -1.94. The third-order valence-corrected chi connectivity index (χ3v) is 2.25. The summed E-state index contributed by atoms with van der Waals surface area (Å²) in [6.45, 7) is 3.12. The second-order valence-corrected chi connectivity index (χ2v) is 3.73. The van der Waals surface area contributed by atoms with E-state index < -0.39 is 0 Å². The highest BCUT2D eigenvalue weighted by Crippen LogP contribution is 2.07. The number of rotatable bonds is 5. The largest absolute Gasteiger partial charge is 0.293 e. The summed E-state index contributed by atoms with van der Waals surface area (Å²) in [6.07, 6.45) is 5.60. The third-order valence-electron chi connectivity index (χ3n) is 2.00. The van der Waals surface area contributed by atoms with Gasteiger partial charge in [0.2, 0.25) is 0 Å². The van der Waals surface area contributed by atoms with E-state index in [1.54, 1.807) is 0 Å². The number of nitrogens with zero attached hydrogens (tertiary/aromatic N) is 1. The average Bonchev–Trinajstić information content (AvgIpc) is 2.21. The molecule has 1 aromatic rings. The minimum atomic E-state index is 0.771. The highest BCUT2D eigenvalue weighted by Gasteiger charge is 1.88. The van der Waals surface area contributed by atoms with Crippen LogP contribution in [0, 0.1) is 0 Å². The molecule has 0 aromatic heterocycles. The number of halogens is 1. The molecule has 0 bridgehead atoms. The average molecular weight is 210 g/mol. The van der Waals surface area contributed by atoms with Crippen molar-refractivity contribution in [3.05, 3.63) is 34.9 Å². The van der Waals surface area contributed by atoms with Gasteiger partial charge in [-0.05, 0) is 24.1 Å². The molecule has 14 heavy (non-hydrogen) atoms. The fraction of sp³-hybridized carbons (Fsp3) is 0.417. The smallest absolute Gasteiger partial charge is 0.0406 e. The fourth-order valence-corrected chi connectivity index (χ4v) is 1.30. The first-order valence-corrected chi connectivity index (χ1v) is 5.46. The number of hydrogen-bond donors (Lipinski definition) is 0. The van der Waals surface area contributed by atoms with Crippen LogP contribution in [0.2, 0.25) is 5.02 Å². The lowest BCUT2D eigenvalue weighted by Crippen LogP contribution is -1.84. The third kappa shape index (κ3) is 4.43. The van der Waals surface area contributed by atoms with E-state index in [-0.39, 0.29) is 0 Å². The summed E-state index contributed by atoms with van der Waals surface area (Å²) >= 11 is 5.77. The van der Waals surface area contributed by atoms with Crippen molar-refractivity contribution in [1.82, 2.24) is 0 Å². The molecule has 1 nitrogen and oxygen atoms in total. The molecule has 2 heteroatoms. The zero-order chi connectivity index (χ0) is 10.2. The second-order valence-electron chi connectivity index (χ2n) is 3.29. The molecule has 0 unspecified atom stereocenters. The van der Waals surface area contributed by atoms with Gasteiger partial charge in [0.1, 0.15) is 0 Å². The second kappa shape index (κ2) is 6.61. The Morgan fingerprint density at radius 1 is 1.21 bits per heavy atom. The Morgan fingerprint density at radius 2 is 1.93 bits per heavy atom. The maximum atomic E-state index is 5.77. The number of aliphatic imine (C=N–C) groups is 1. The van der Waals surface area contributed by atoms with Crippen LogP contribution >= 0.6 is 11.6 Å². The molecule has 0 fully saturated rings. The minimum absolute atomic E-state index is 0.771. The van der Waals surface area contributed by atoms with E-state index in [4.69, 9.17) is 11.6 Å². The van der Waals surface area contributed by atoms with Crippen molar-refractivity contribution in [1.29, 1.82) is 0 Å². The zero-order valence-electron chi connectivity index (χ0n) is 8.54. The molecule has 76 valence electrons. The van der Waals surface area contributed by atoms with Crippen LogP contribution in [0.5, 0.6) is 0 Å². The van der Waals surface area contributed by atoms with Gasteiger partial charge in [-0.2, -0.15) is 0 Å². The normalized spacial score (nSPS) is 11.0. The van der Waals surface area contributed by atoms with Gasteiger partial charge in [0.15, 0.2) is 0 Å². The summed E-state index contributed by atoms with van der Waals surface area (Å²) in [4.78, 5) is 4.34. The molecule has 0 radical (unpaired) electrons. The summed E-state index contributed by atoms with van der Waals surface area (Å²) in [5, 5.41) is 0.771. The maximum absolute atomic E-state index is 5.77. The fourth-order valence-electron chi connectivity index (χ4n) is 1.17. The summed E-state index contributed by atoms with van der Waals surface area (Å²) in [5.74, 6) is 0. The first-order chi connectivity index (χ1) is 6.83. The van der Waals surface area contributed by atoms with E-state index in [1.807, 2.05) is 30.5 Å². The molecule has 0 saturated carbocycles. The Morgan fingerprint density at radius 3 is 2.57 bits per heavy atom. The topological polar surface area (TPSA) is 12.4 Å². The molecule has 0 N–H and O–H groups in total. The van der Waals surface area contributed by atoms with Gasteiger partial charge in [-0.15, -0.1) is 0 Å². The van der Waals surface area contributed by atoms with Crippen LogP contribution in [-0.4, -0.2) is 12.8 Å². The molecule has 0 atom stereocenters. The summed E-state index contributed by atoms with van der Waals surface area (Å²) < 4.78 is 0. The van der Waals surface area contributed by atoms with Crippen molar-refractivity contribution < 1.29 is 0 Å². The molecule has 0 aliphatic rings. The van der Waals surface area contributed by atoms with Gasteiger partial charge < -0.3 is 0 Å². The van der Waals surface area contributed by atoms with Crippen molar-refractivity contribution in [2.75, 3.05) is 6.54 Å². The van der Waals surface area contributed by atoms with Gasteiger partial charge in [-0.25, -0.2) is 0 Å². The van der Waals surface area contributed by atoms with E-state index >= 15 is 0 Å². The standard InChI is InChI=1S/C12H16ClN/c1-2-3-4-9-14-10-11-5-7-12(13)8-6-11/h5-8,10H,2-4,9H2,1H3. The molecule has 0 amide bonds. The van der Waals surface area contributed by atoms with Crippen molar-refractivity contribution in [3.63, 3.8) is 0 Å². The Kier molecular flexibility index (Phi) is 5.31. The molecular formula is C12H16ClN. The Bertz CT molecular complexity index is 277. The molecule has 0 aliphatic heterocycles. The van der Waals surface area contributed by atoms with Crippen molar-refractivity contribution in [2.45, 2.75) is 26.2 Å². The van der Waals surface area contributed by atoms with E-state index in [0.29, 0.717) is 0 Å². The first kappa shape index (κ1) is 11.3. The van der Waals surface area contributed by atoms with Crippen molar-refractivity contribution >= 4 is 17.8 Å². The summed E-state index contributed by atoms with van der Waals surface area (Å²) in [5.41, 5.74) is 1.12. The van der Waals surface area contributed by atoms with Gasteiger partial charge >= 0.3 is 0 Å². The van der Waals surface area contributed by atoms with Crippen LogP contribution in [0.3, 0.4) is 0 Å². The van der Waals surface area contributed by atoms with Crippen molar-refractivity contribution in [3.8, 4) is 0 Å². The van der Waals surface area contributed by atoms with Crippen LogP contribution in [0.25, 0.3) is 0 Å². The lowest BCUT2D eigenvalue weighted by atomic mass is 10.2. The predicted molar refractivity (Wildman–Crippen MR) is 63.4 cm³/mol. The molecule has 1 aromatic carbocycles. The Labute approximate surface area is 90.8 Å². The van der Waals surface area contributed by atoms with Crippen LogP contribution < -0.4 is 0 Å². The van der Waals surface area contributed by atoms with Gasteiger partial charge in [0.25, 0.3) is 0 Å². The molecule has 0 aliphatic carbocycles. The van der Waals surface area contributed by atoms with E-state index in [0.717, 1.165) is 17.1 Å². The first-order valence-electron chi connectivity index (χ1n) is 5.08. The quantitative estimate of drug-likeness (QED) is 0.515. The number of unbranched alkanes of at least 4 members (excludes halogenated alkanes) is 2. The van der Waals surface area contributed by atoms with Gasteiger partial charge in [0, 0.05) is 17.8 Å². The molecule has 0 saturated heterocycles. The molecule has 0 heterocycles. The number of benzene rings is 1. The van der Waals surface area contributed by atoms with Crippen LogP contribution in [0.4, 0.5) is 0 Å². The monoisotopic (exact) mass is 209 g/mol.